The molecule has 1 amide bonds. The number of Topliss-reactive ketones (excluding diaryl/α,β-unsaturated/α-hetero) is 1. The van der Waals surface area contributed by atoms with E-state index < -0.39 is 17.7 Å². The van der Waals surface area contributed by atoms with E-state index >= 15 is 0 Å². The maximum Gasteiger partial charge on any atom is 0.290 e. The minimum atomic E-state index is -0.529. The molecule has 0 radical (unpaired) electrons. The van der Waals surface area contributed by atoms with E-state index in [4.69, 9.17) is 0 Å². The van der Waals surface area contributed by atoms with E-state index in [0.29, 0.717) is 19.5 Å². The lowest BCUT2D eigenvalue weighted by atomic mass is 9.97. The number of aliphatic hydroxyl groups is 1. The molecule has 6 heteroatoms. The highest BCUT2D eigenvalue weighted by Gasteiger charge is 2.41. The van der Waals surface area contributed by atoms with Gasteiger partial charge in [-0.3, -0.25) is 9.59 Å². The lowest BCUT2D eigenvalue weighted by Gasteiger charge is -2.26. The third-order valence-corrected chi connectivity index (χ3v) is 4.17. The van der Waals surface area contributed by atoms with Crippen LogP contribution in [0.15, 0.2) is 60.4 Å². The van der Waals surface area contributed by atoms with Gasteiger partial charge in [0, 0.05) is 25.5 Å². The van der Waals surface area contributed by atoms with Crippen LogP contribution in [0.4, 0.5) is 0 Å². The van der Waals surface area contributed by atoms with Crippen molar-refractivity contribution in [1.82, 2.24) is 14.5 Å². The molecule has 2 heterocycles. The summed E-state index contributed by atoms with van der Waals surface area (Å²) in [4.78, 5) is 30.0. The summed E-state index contributed by atoms with van der Waals surface area (Å²) >= 11 is 0. The second-order valence-electron chi connectivity index (χ2n) is 5.78. The minimum Gasteiger partial charge on any atom is -0.503 e. The first-order valence-corrected chi connectivity index (χ1v) is 7.85. The number of aliphatic hydroxyl groups excluding tert-OH is 1. The Kier molecular flexibility index (Phi) is 4.46. The van der Waals surface area contributed by atoms with Crippen LogP contribution in [0.1, 0.15) is 24.9 Å². The molecule has 0 saturated heterocycles. The molecule has 0 saturated carbocycles. The standard InChI is InChI=1S/C18H19N3O3/c1-13(22)15-16(14-6-3-2-4-7-14)21(18(24)17(15)23)10-5-9-20-11-8-19-12-20/h2-4,6-8,11-12,16,23H,5,9-10H2,1H3. The number of hydrogen-bond donors (Lipinski definition) is 1. The Labute approximate surface area is 140 Å². The molecule has 1 aromatic carbocycles. The SMILES string of the molecule is CC(=O)C1=C(O)C(=O)N(CCCn2ccnc2)C1c1ccccc1. The first-order chi connectivity index (χ1) is 11.6. The van der Waals surface area contributed by atoms with Gasteiger partial charge in [-0.1, -0.05) is 30.3 Å². The van der Waals surface area contributed by atoms with Crippen LogP contribution in [-0.4, -0.2) is 37.8 Å². The number of ketones is 1. The van der Waals surface area contributed by atoms with Crippen LogP contribution in [-0.2, 0) is 16.1 Å². The zero-order chi connectivity index (χ0) is 17.1. The predicted molar refractivity (Wildman–Crippen MR) is 88.1 cm³/mol. The van der Waals surface area contributed by atoms with Gasteiger partial charge in [0.05, 0.1) is 17.9 Å². The second-order valence-corrected chi connectivity index (χ2v) is 5.78. The molecule has 124 valence electrons. The van der Waals surface area contributed by atoms with Crippen molar-refractivity contribution in [2.24, 2.45) is 0 Å². The molecule has 1 aromatic heterocycles. The van der Waals surface area contributed by atoms with Gasteiger partial charge in [0.2, 0.25) is 0 Å². The average Bonchev–Trinajstić information content (AvgIpc) is 3.17. The maximum absolute atomic E-state index is 12.4. The van der Waals surface area contributed by atoms with Crippen LogP contribution < -0.4 is 0 Å². The highest BCUT2D eigenvalue weighted by molar-refractivity contribution is 6.08. The smallest absolute Gasteiger partial charge is 0.290 e. The molecule has 1 atom stereocenters. The van der Waals surface area contributed by atoms with E-state index in [-0.39, 0.29) is 11.4 Å². The van der Waals surface area contributed by atoms with Crippen molar-refractivity contribution in [3.05, 3.63) is 65.9 Å². The van der Waals surface area contributed by atoms with E-state index in [1.807, 2.05) is 41.1 Å². The number of amides is 1. The Morgan fingerprint density at radius 2 is 2.00 bits per heavy atom. The van der Waals surface area contributed by atoms with Crippen molar-refractivity contribution in [1.29, 1.82) is 0 Å². The van der Waals surface area contributed by atoms with Crippen LogP contribution in [0.2, 0.25) is 0 Å². The summed E-state index contributed by atoms with van der Waals surface area (Å²) in [7, 11) is 0. The summed E-state index contributed by atoms with van der Waals surface area (Å²) in [6.07, 6.45) is 5.98. The largest absolute Gasteiger partial charge is 0.503 e. The van der Waals surface area contributed by atoms with Gasteiger partial charge >= 0.3 is 0 Å². The van der Waals surface area contributed by atoms with Crippen molar-refractivity contribution < 1.29 is 14.7 Å². The first-order valence-electron chi connectivity index (χ1n) is 7.85. The van der Waals surface area contributed by atoms with Crippen molar-refractivity contribution >= 4 is 11.7 Å². The number of hydrogen-bond acceptors (Lipinski definition) is 4. The van der Waals surface area contributed by atoms with E-state index in [2.05, 4.69) is 4.98 Å². The quantitative estimate of drug-likeness (QED) is 0.884. The van der Waals surface area contributed by atoms with Crippen molar-refractivity contribution in [3.8, 4) is 0 Å². The van der Waals surface area contributed by atoms with Gasteiger partial charge in [0.25, 0.3) is 5.91 Å². The molecule has 0 fully saturated rings. The molecular formula is C18H19N3O3. The monoisotopic (exact) mass is 325 g/mol. The Morgan fingerprint density at radius 1 is 1.25 bits per heavy atom. The number of rotatable bonds is 6. The molecule has 0 aliphatic carbocycles. The molecule has 0 bridgehead atoms. The van der Waals surface area contributed by atoms with Crippen LogP contribution in [0.3, 0.4) is 0 Å². The Bertz CT molecular complexity index is 766. The molecule has 0 spiro atoms. The van der Waals surface area contributed by atoms with Gasteiger partial charge in [-0.2, -0.15) is 0 Å². The second kappa shape index (κ2) is 6.70. The van der Waals surface area contributed by atoms with Crippen LogP contribution in [0.5, 0.6) is 0 Å². The van der Waals surface area contributed by atoms with Gasteiger partial charge in [-0.05, 0) is 18.9 Å². The molecule has 1 N–H and O–H groups in total. The molecule has 2 aromatic rings. The van der Waals surface area contributed by atoms with Crippen molar-refractivity contribution in [3.63, 3.8) is 0 Å². The lowest BCUT2D eigenvalue weighted by molar-refractivity contribution is -0.129. The van der Waals surface area contributed by atoms with Gasteiger partial charge in [0.15, 0.2) is 11.5 Å². The number of aromatic nitrogens is 2. The summed E-state index contributed by atoms with van der Waals surface area (Å²) in [6, 6.07) is 8.79. The Morgan fingerprint density at radius 3 is 2.62 bits per heavy atom. The Hall–Kier alpha value is -2.89. The van der Waals surface area contributed by atoms with Gasteiger partial charge in [-0.25, -0.2) is 4.98 Å². The summed E-state index contributed by atoms with van der Waals surface area (Å²) in [5, 5.41) is 10.2. The third kappa shape index (κ3) is 2.95. The van der Waals surface area contributed by atoms with Crippen LogP contribution >= 0.6 is 0 Å². The molecule has 1 unspecified atom stereocenters. The molecule has 6 nitrogen and oxygen atoms in total. The van der Waals surface area contributed by atoms with Crippen LogP contribution in [0.25, 0.3) is 0 Å². The molecule has 1 aliphatic rings. The minimum absolute atomic E-state index is 0.175. The molecule has 1 aliphatic heterocycles. The highest BCUT2D eigenvalue weighted by Crippen LogP contribution is 2.37. The number of benzene rings is 1. The molecule has 24 heavy (non-hydrogen) atoms. The fraction of sp³-hybridized carbons (Fsp3) is 0.278. The summed E-state index contributed by atoms with van der Waals surface area (Å²) in [6.45, 7) is 2.53. The zero-order valence-electron chi connectivity index (χ0n) is 13.4. The van der Waals surface area contributed by atoms with Crippen LogP contribution in [0, 0.1) is 0 Å². The zero-order valence-corrected chi connectivity index (χ0v) is 13.4. The number of carbonyl (C=O) groups is 2. The van der Waals surface area contributed by atoms with E-state index in [9.17, 15) is 14.7 Å². The van der Waals surface area contributed by atoms with E-state index in [1.165, 1.54) is 6.92 Å². The number of aryl methyl sites for hydroxylation is 1. The van der Waals surface area contributed by atoms with E-state index in [1.54, 1.807) is 17.4 Å². The number of imidazole rings is 1. The maximum atomic E-state index is 12.4. The van der Waals surface area contributed by atoms with E-state index in [0.717, 1.165) is 5.56 Å². The molecular weight excluding hydrogens is 306 g/mol. The molecule has 3 rings (SSSR count). The topological polar surface area (TPSA) is 75.4 Å². The number of carbonyl (C=O) groups excluding carboxylic acids is 2. The third-order valence-electron chi connectivity index (χ3n) is 4.17. The summed E-state index contributed by atoms with van der Waals surface area (Å²) in [5.41, 5.74) is 0.997. The predicted octanol–water partition coefficient (Wildman–Crippen LogP) is 2.26. The Balaban J connectivity index is 1.83. The summed E-state index contributed by atoms with van der Waals surface area (Å²) < 4.78 is 1.93. The normalized spacial score (nSPS) is 17.6. The van der Waals surface area contributed by atoms with Crippen molar-refractivity contribution in [2.75, 3.05) is 6.54 Å². The summed E-state index contributed by atoms with van der Waals surface area (Å²) in [5.74, 6) is -1.20. The first kappa shape index (κ1) is 16.0. The number of nitrogens with zero attached hydrogens (tertiary/aromatic N) is 3. The fourth-order valence-electron chi connectivity index (χ4n) is 3.07. The van der Waals surface area contributed by atoms with Gasteiger partial charge < -0.3 is 14.6 Å². The average molecular weight is 325 g/mol. The van der Waals surface area contributed by atoms with Crippen molar-refractivity contribution in [2.45, 2.75) is 25.9 Å². The fourth-order valence-corrected chi connectivity index (χ4v) is 3.07. The lowest BCUT2D eigenvalue weighted by Crippen LogP contribution is -2.32. The highest BCUT2D eigenvalue weighted by atomic mass is 16.3. The van der Waals surface area contributed by atoms with Gasteiger partial charge in [0.1, 0.15) is 0 Å². The van der Waals surface area contributed by atoms with Gasteiger partial charge in [-0.15, -0.1) is 0 Å².